The van der Waals surface area contributed by atoms with E-state index in [2.05, 4.69) is 30.7 Å². The zero-order valence-electron chi connectivity index (χ0n) is 19.3. The van der Waals surface area contributed by atoms with Crippen molar-refractivity contribution in [1.29, 1.82) is 0 Å². The summed E-state index contributed by atoms with van der Waals surface area (Å²) in [6, 6.07) is 21.1. The molecule has 2 aromatic carbocycles. The minimum Gasteiger partial charge on any atom is -0.403 e. The number of hydrogen-bond donors (Lipinski definition) is 2. The van der Waals surface area contributed by atoms with E-state index in [0.29, 0.717) is 36.1 Å². The SMILES string of the molecule is O=C1Nc2ccccc2C(c2ccccc2)=NC1Nc1nnc(-c2cccnc2N2CCOCC2)o1. The Morgan fingerprint density at radius 1 is 0.917 bits per heavy atom. The maximum Gasteiger partial charge on any atom is 0.317 e. The summed E-state index contributed by atoms with van der Waals surface area (Å²) in [6.45, 7) is 2.72. The maximum absolute atomic E-state index is 13.1. The number of benzene rings is 2. The maximum atomic E-state index is 13.1. The fourth-order valence-corrected chi connectivity index (χ4v) is 4.28. The average molecular weight is 482 g/mol. The lowest BCUT2D eigenvalue weighted by atomic mass is 10.0. The number of fused-ring (bicyclic) bond motifs is 1. The molecule has 1 fully saturated rings. The summed E-state index contributed by atoms with van der Waals surface area (Å²) in [6.07, 6.45) is 0.755. The highest BCUT2D eigenvalue weighted by Crippen LogP contribution is 2.30. The monoisotopic (exact) mass is 481 g/mol. The smallest absolute Gasteiger partial charge is 0.317 e. The number of amides is 1. The number of nitrogens with zero attached hydrogens (tertiary/aromatic N) is 5. The van der Waals surface area contributed by atoms with Crippen LogP contribution in [0, 0.1) is 0 Å². The first-order valence-corrected chi connectivity index (χ1v) is 11.7. The number of ether oxygens (including phenoxy) is 1. The molecule has 36 heavy (non-hydrogen) atoms. The zero-order valence-corrected chi connectivity index (χ0v) is 19.3. The van der Waals surface area contributed by atoms with Gasteiger partial charge in [0.05, 0.1) is 30.2 Å². The number of carbonyl (C=O) groups excluding carboxylic acids is 1. The van der Waals surface area contributed by atoms with Gasteiger partial charge in [0, 0.05) is 30.4 Å². The second-order valence-electron chi connectivity index (χ2n) is 8.31. The molecule has 10 heteroatoms. The van der Waals surface area contributed by atoms with E-state index in [-0.39, 0.29) is 11.9 Å². The molecule has 1 amide bonds. The molecule has 2 aliphatic rings. The molecule has 10 nitrogen and oxygen atoms in total. The number of nitrogens with one attached hydrogen (secondary N) is 2. The minimum atomic E-state index is -0.978. The third kappa shape index (κ3) is 4.29. The van der Waals surface area contributed by atoms with E-state index in [4.69, 9.17) is 14.1 Å². The number of hydrogen-bond acceptors (Lipinski definition) is 9. The van der Waals surface area contributed by atoms with E-state index in [0.717, 1.165) is 30.0 Å². The van der Waals surface area contributed by atoms with Crippen molar-refractivity contribution < 1.29 is 13.9 Å². The molecule has 0 radical (unpaired) electrons. The molecule has 6 rings (SSSR count). The van der Waals surface area contributed by atoms with Gasteiger partial charge in [0.15, 0.2) is 0 Å². The summed E-state index contributed by atoms with van der Waals surface area (Å²) in [5, 5.41) is 14.3. The molecule has 4 heterocycles. The highest BCUT2D eigenvalue weighted by Gasteiger charge is 2.28. The fraction of sp³-hybridized carbons (Fsp3) is 0.192. The van der Waals surface area contributed by atoms with Crippen LogP contribution in [-0.2, 0) is 9.53 Å². The predicted molar refractivity (Wildman–Crippen MR) is 135 cm³/mol. The molecule has 2 aliphatic heterocycles. The van der Waals surface area contributed by atoms with Crippen LogP contribution in [0.25, 0.3) is 11.5 Å². The molecule has 0 spiro atoms. The van der Waals surface area contributed by atoms with Crippen molar-refractivity contribution in [2.45, 2.75) is 6.17 Å². The summed E-state index contributed by atoms with van der Waals surface area (Å²) < 4.78 is 11.4. The van der Waals surface area contributed by atoms with Gasteiger partial charge in [-0.05, 0) is 18.2 Å². The molecule has 0 aliphatic carbocycles. The van der Waals surface area contributed by atoms with Crippen LogP contribution in [0.5, 0.6) is 0 Å². The Balaban J connectivity index is 1.32. The van der Waals surface area contributed by atoms with Crippen LogP contribution in [0.15, 0.2) is 82.3 Å². The molecule has 0 bridgehead atoms. The van der Waals surface area contributed by atoms with Crippen LogP contribution in [0.3, 0.4) is 0 Å². The number of anilines is 3. The first-order chi connectivity index (χ1) is 17.8. The zero-order chi connectivity index (χ0) is 24.3. The lowest BCUT2D eigenvalue weighted by molar-refractivity contribution is -0.116. The minimum absolute atomic E-state index is 0.0871. The molecule has 1 unspecified atom stereocenters. The Kier molecular flexibility index (Phi) is 5.84. The van der Waals surface area contributed by atoms with Gasteiger partial charge in [-0.2, -0.15) is 0 Å². The van der Waals surface area contributed by atoms with Gasteiger partial charge in [0.1, 0.15) is 5.82 Å². The molecule has 0 saturated carbocycles. The Hall–Kier alpha value is -4.57. The largest absolute Gasteiger partial charge is 0.403 e. The van der Waals surface area contributed by atoms with Crippen LogP contribution < -0.4 is 15.5 Å². The average Bonchev–Trinajstić information content (AvgIpc) is 3.35. The van der Waals surface area contributed by atoms with Crippen molar-refractivity contribution in [2.24, 2.45) is 4.99 Å². The first-order valence-electron chi connectivity index (χ1n) is 11.7. The lowest BCUT2D eigenvalue weighted by Gasteiger charge is -2.28. The topological polar surface area (TPSA) is 118 Å². The Morgan fingerprint density at radius 3 is 2.56 bits per heavy atom. The van der Waals surface area contributed by atoms with Crippen molar-refractivity contribution in [3.63, 3.8) is 0 Å². The van der Waals surface area contributed by atoms with E-state index < -0.39 is 6.17 Å². The van der Waals surface area contributed by atoms with Gasteiger partial charge in [-0.3, -0.25) is 4.79 Å². The molecule has 1 atom stereocenters. The Bertz CT molecular complexity index is 1410. The number of para-hydroxylation sites is 1. The van der Waals surface area contributed by atoms with E-state index in [1.807, 2.05) is 66.7 Å². The summed E-state index contributed by atoms with van der Waals surface area (Å²) in [5.41, 5.74) is 3.81. The number of rotatable bonds is 5. The van der Waals surface area contributed by atoms with Gasteiger partial charge in [-0.15, -0.1) is 5.10 Å². The van der Waals surface area contributed by atoms with E-state index in [1.165, 1.54) is 0 Å². The van der Waals surface area contributed by atoms with Gasteiger partial charge in [-0.25, -0.2) is 9.98 Å². The molecule has 180 valence electrons. The quantitative estimate of drug-likeness (QED) is 0.446. The van der Waals surface area contributed by atoms with Crippen LogP contribution in [0.4, 0.5) is 17.5 Å². The molecule has 4 aromatic rings. The first kappa shape index (κ1) is 21.9. The molecule has 2 N–H and O–H groups in total. The van der Waals surface area contributed by atoms with Crippen LogP contribution in [-0.4, -0.2) is 59.3 Å². The second kappa shape index (κ2) is 9.59. The van der Waals surface area contributed by atoms with Crippen molar-refractivity contribution in [3.05, 3.63) is 84.1 Å². The third-order valence-corrected chi connectivity index (χ3v) is 6.01. The van der Waals surface area contributed by atoms with E-state index in [1.54, 1.807) is 6.20 Å². The lowest BCUT2D eigenvalue weighted by Crippen LogP contribution is -2.37. The fourth-order valence-electron chi connectivity index (χ4n) is 4.28. The molecular weight excluding hydrogens is 458 g/mol. The molecule has 1 saturated heterocycles. The number of pyridine rings is 1. The molecular formula is C26H23N7O3. The number of morpholine rings is 1. The number of benzodiazepines with no additional fused rings is 1. The third-order valence-electron chi connectivity index (χ3n) is 6.01. The van der Waals surface area contributed by atoms with Crippen molar-refractivity contribution >= 4 is 29.1 Å². The highest BCUT2D eigenvalue weighted by molar-refractivity contribution is 6.19. The predicted octanol–water partition coefficient (Wildman–Crippen LogP) is 3.20. The summed E-state index contributed by atoms with van der Waals surface area (Å²) in [4.78, 5) is 24.5. The van der Waals surface area contributed by atoms with Gasteiger partial charge in [-0.1, -0.05) is 53.6 Å². The van der Waals surface area contributed by atoms with Gasteiger partial charge in [0.25, 0.3) is 11.8 Å². The van der Waals surface area contributed by atoms with Gasteiger partial charge < -0.3 is 24.7 Å². The standard InChI is InChI=1S/C26H23N7O3/c34-24-22(29-21(17-7-2-1-3-8-17)18-9-4-5-11-20(18)28-24)30-26-32-31-25(36-26)19-10-6-12-27-23(19)33-13-15-35-16-14-33/h1-12,22H,13-16H2,(H,28,34)(H,30,32). The van der Waals surface area contributed by atoms with E-state index >= 15 is 0 Å². The summed E-state index contributed by atoms with van der Waals surface area (Å²) in [5.74, 6) is 0.725. The molecule has 2 aromatic heterocycles. The second-order valence-corrected chi connectivity index (χ2v) is 8.31. The number of aliphatic imine (C=N–C) groups is 1. The summed E-state index contributed by atoms with van der Waals surface area (Å²) >= 11 is 0. The van der Waals surface area contributed by atoms with E-state index in [9.17, 15) is 4.79 Å². The normalized spacial score (nSPS) is 17.6. The van der Waals surface area contributed by atoms with Crippen LogP contribution in [0.2, 0.25) is 0 Å². The highest BCUT2D eigenvalue weighted by atomic mass is 16.5. The number of carbonyl (C=O) groups is 1. The Labute approximate surface area is 207 Å². The van der Waals surface area contributed by atoms with Gasteiger partial charge in [0.2, 0.25) is 6.17 Å². The van der Waals surface area contributed by atoms with Crippen LogP contribution in [0.1, 0.15) is 11.1 Å². The van der Waals surface area contributed by atoms with Gasteiger partial charge >= 0.3 is 6.01 Å². The van der Waals surface area contributed by atoms with Crippen molar-refractivity contribution in [1.82, 2.24) is 15.2 Å². The van der Waals surface area contributed by atoms with Crippen LogP contribution >= 0.6 is 0 Å². The van der Waals surface area contributed by atoms with Crippen molar-refractivity contribution in [3.8, 4) is 11.5 Å². The Morgan fingerprint density at radius 2 is 1.69 bits per heavy atom. The summed E-state index contributed by atoms with van der Waals surface area (Å²) in [7, 11) is 0. The van der Waals surface area contributed by atoms with Crippen molar-refractivity contribution in [2.75, 3.05) is 41.8 Å². The number of aromatic nitrogens is 3.